The first-order chi connectivity index (χ1) is 12.1. The van der Waals surface area contributed by atoms with Crippen molar-refractivity contribution in [1.29, 1.82) is 0 Å². The number of anilines is 1. The van der Waals surface area contributed by atoms with Gasteiger partial charge in [0.25, 0.3) is 5.91 Å². The lowest BCUT2D eigenvalue weighted by atomic mass is 10.1. The van der Waals surface area contributed by atoms with Gasteiger partial charge in [-0.1, -0.05) is 30.3 Å². The van der Waals surface area contributed by atoms with Crippen LogP contribution in [0.15, 0.2) is 54.6 Å². The Morgan fingerprint density at radius 3 is 2.36 bits per heavy atom. The fourth-order valence-corrected chi connectivity index (χ4v) is 2.28. The van der Waals surface area contributed by atoms with Crippen molar-refractivity contribution >= 4 is 17.6 Å². The van der Waals surface area contributed by atoms with E-state index in [1.54, 1.807) is 24.3 Å². The largest absolute Gasteiger partial charge is 0.494 e. The van der Waals surface area contributed by atoms with Gasteiger partial charge in [0.05, 0.1) is 6.61 Å². The minimum Gasteiger partial charge on any atom is -0.494 e. The highest BCUT2D eigenvalue weighted by Gasteiger charge is 2.19. The minimum absolute atomic E-state index is 0.0754. The predicted octanol–water partition coefficient (Wildman–Crippen LogP) is 3.26. The molecule has 1 unspecified atom stereocenters. The summed E-state index contributed by atoms with van der Waals surface area (Å²) in [7, 11) is 1.49. The standard InChI is InChI=1S/C19H21NO5/c1-24-18(14-6-3-2-4-7-14)19(23)20-15-9-11-16(12-10-15)25-13-5-8-17(21)22/h2-4,6-7,9-12,18H,5,8,13H2,1H3,(H,20,23)(H,21,22). The molecule has 0 aliphatic rings. The molecule has 0 aliphatic heterocycles. The van der Waals surface area contributed by atoms with E-state index in [4.69, 9.17) is 14.6 Å². The summed E-state index contributed by atoms with van der Waals surface area (Å²) in [5, 5.41) is 11.4. The van der Waals surface area contributed by atoms with Gasteiger partial charge in [0.2, 0.25) is 0 Å². The van der Waals surface area contributed by atoms with Crippen LogP contribution in [0.1, 0.15) is 24.5 Å². The van der Waals surface area contributed by atoms with E-state index in [-0.39, 0.29) is 12.3 Å². The number of carboxylic acid groups (broad SMARTS) is 1. The molecule has 2 aromatic rings. The lowest BCUT2D eigenvalue weighted by Crippen LogP contribution is -2.22. The van der Waals surface area contributed by atoms with E-state index in [2.05, 4.69) is 5.32 Å². The van der Waals surface area contributed by atoms with Crippen LogP contribution >= 0.6 is 0 Å². The number of carboxylic acids is 1. The molecule has 0 saturated heterocycles. The SMILES string of the molecule is COC(C(=O)Nc1ccc(OCCCC(=O)O)cc1)c1ccccc1. The number of hydrogen-bond acceptors (Lipinski definition) is 4. The Labute approximate surface area is 146 Å². The van der Waals surface area contributed by atoms with Crippen molar-refractivity contribution in [2.45, 2.75) is 18.9 Å². The van der Waals surface area contributed by atoms with Gasteiger partial charge in [0.1, 0.15) is 5.75 Å². The Hall–Kier alpha value is -2.86. The van der Waals surface area contributed by atoms with Gasteiger partial charge in [-0.2, -0.15) is 0 Å². The third-order valence-corrected chi connectivity index (χ3v) is 3.50. The highest BCUT2D eigenvalue weighted by atomic mass is 16.5. The second-order valence-electron chi connectivity index (χ2n) is 5.39. The molecule has 25 heavy (non-hydrogen) atoms. The van der Waals surface area contributed by atoms with Crippen LogP contribution in [0.2, 0.25) is 0 Å². The molecule has 1 amide bonds. The fraction of sp³-hybridized carbons (Fsp3) is 0.263. The van der Waals surface area contributed by atoms with Crippen molar-refractivity contribution < 1.29 is 24.2 Å². The molecule has 1 atom stereocenters. The molecule has 2 N–H and O–H groups in total. The van der Waals surface area contributed by atoms with Gasteiger partial charge >= 0.3 is 5.97 Å². The summed E-state index contributed by atoms with van der Waals surface area (Å²) in [6, 6.07) is 16.1. The quantitative estimate of drug-likeness (QED) is 0.683. The zero-order chi connectivity index (χ0) is 18.1. The van der Waals surface area contributed by atoms with Crippen molar-refractivity contribution in [2.24, 2.45) is 0 Å². The molecule has 0 spiro atoms. The highest BCUT2D eigenvalue weighted by Crippen LogP contribution is 2.21. The number of amides is 1. The molecule has 0 bridgehead atoms. The van der Waals surface area contributed by atoms with Gasteiger partial charge in [-0.3, -0.25) is 9.59 Å². The smallest absolute Gasteiger partial charge is 0.303 e. The van der Waals surface area contributed by atoms with Crippen LogP contribution in [0.25, 0.3) is 0 Å². The van der Waals surface area contributed by atoms with Crippen LogP contribution in [0.4, 0.5) is 5.69 Å². The summed E-state index contributed by atoms with van der Waals surface area (Å²) in [5.41, 5.74) is 1.40. The summed E-state index contributed by atoms with van der Waals surface area (Å²) in [4.78, 5) is 22.8. The Balaban J connectivity index is 1.89. The summed E-state index contributed by atoms with van der Waals surface area (Å²) < 4.78 is 10.7. The predicted molar refractivity (Wildman–Crippen MR) is 93.6 cm³/mol. The molecule has 0 aromatic heterocycles. The van der Waals surface area contributed by atoms with Crippen molar-refractivity contribution in [3.63, 3.8) is 0 Å². The normalized spacial score (nSPS) is 11.6. The van der Waals surface area contributed by atoms with E-state index in [0.717, 1.165) is 5.56 Å². The van der Waals surface area contributed by atoms with Crippen LogP contribution in [-0.4, -0.2) is 30.7 Å². The number of aliphatic carboxylic acids is 1. The van der Waals surface area contributed by atoms with Crippen molar-refractivity contribution in [3.8, 4) is 5.75 Å². The maximum atomic E-state index is 12.4. The highest BCUT2D eigenvalue weighted by molar-refractivity contribution is 5.94. The summed E-state index contributed by atoms with van der Waals surface area (Å²) in [6.45, 7) is 0.331. The maximum Gasteiger partial charge on any atom is 0.303 e. The third kappa shape index (κ3) is 5.93. The number of rotatable bonds is 9. The van der Waals surface area contributed by atoms with Crippen molar-refractivity contribution in [1.82, 2.24) is 0 Å². The monoisotopic (exact) mass is 343 g/mol. The molecule has 0 aliphatic carbocycles. The number of ether oxygens (including phenoxy) is 2. The Morgan fingerprint density at radius 2 is 1.76 bits per heavy atom. The molecule has 0 heterocycles. The average Bonchev–Trinajstić information content (AvgIpc) is 2.61. The Morgan fingerprint density at radius 1 is 1.08 bits per heavy atom. The van der Waals surface area contributed by atoms with Crippen LogP contribution in [0.5, 0.6) is 5.75 Å². The van der Waals surface area contributed by atoms with Crippen LogP contribution < -0.4 is 10.1 Å². The minimum atomic E-state index is -0.840. The van der Waals surface area contributed by atoms with Crippen LogP contribution in [-0.2, 0) is 14.3 Å². The summed E-state index contributed by atoms with van der Waals surface area (Å²) in [5.74, 6) is -0.480. The van der Waals surface area contributed by atoms with Crippen LogP contribution in [0, 0.1) is 0 Å². The number of methoxy groups -OCH3 is 1. The molecule has 132 valence electrons. The molecule has 2 rings (SSSR count). The Kier molecular flexibility index (Phi) is 6.98. The number of carbonyl (C=O) groups excluding carboxylic acids is 1. The lowest BCUT2D eigenvalue weighted by Gasteiger charge is -2.16. The number of hydrogen-bond donors (Lipinski definition) is 2. The fourth-order valence-electron chi connectivity index (χ4n) is 2.28. The van der Waals surface area contributed by atoms with E-state index in [9.17, 15) is 9.59 Å². The van der Waals surface area contributed by atoms with E-state index >= 15 is 0 Å². The first-order valence-electron chi connectivity index (χ1n) is 7.93. The second-order valence-corrected chi connectivity index (χ2v) is 5.39. The van der Waals surface area contributed by atoms with Gasteiger partial charge in [-0.05, 0) is 36.2 Å². The molecule has 6 heteroatoms. The second kappa shape index (κ2) is 9.44. The van der Waals surface area contributed by atoms with Crippen molar-refractivity contribution in [3.05, 3.63) is 60.2 Å². The number of nitrogens with one attached hydrogen (secondary N) is 1. The zero-order valence-electron chi connectivity index (χ0n) is 14.0. The Bertz CT molecular complexity index is 685. The van der Waals surface area contributed by atoms with Gasteiger partial charge in [0, 0.05) is 19.2 Å². The topological polar surface area (TPSA) is 84.9 Å². The summed E-state index contributed by atoms with van der Waals surface area (Å²) >= 11 is 0. The lowest BCUT2D eigenvalue weighted by molar-refractivity contribution is -0.137. The van der Waals surface area contributed by atoms with Crippen LogP contribution in [0.3, 0.4) is 0 Å². The number of benzene rings is 2. The molecule has 0 fully saturated rings. The van der Waals surface area contributed by atoms with E-state index < -0.39 is 12.1 Å². The first kappa shape index (κ1) is 18.5. The molecule has 6 nitrogen and oxygen atoms in total. The van der Waals surface area contributed by atoms with Gasteiger partial charge in [0.15, 0.2) is 6.10 Å². The zero-order valence-corrected chi connectivity index (χ0v) is 14.0. The summed E-state index contributed by atoms with van der Waals surface area (Å²) in [6.07, 6.45) is -0.167. The van der Waals surface area contributed by atoms with E-state index in [1.807, 2.05) is 30.3 Å². The molecule has 2 aromatic carbocycles. The third-order valence-electron chi connectivity index (χ3n) is 3.50. The van der Waals surface area contributed by atoms with Gasteiger partial charge in [-0.15, -0.1) is 0 Å². The van der Waals surface area contributed by atoms with Crippen molar-refractivity contribution in [2.75, 3.05) is 19.0 Å². The number of carbonyl (C=O) groups is 2. The maximum absolute atomic E-state index is 12.4. The average molecular weight is 343 g/mol. The van der Waals surface area contributed by atoms with Gasteiger partial charge in [-0.25, -0.2) is 0 Å². The molecular weight excluding hydrogens is 322 g/mol. The van der Waals surface area contributed by atoms with E-state index in [1.165, 1.54) is 7.11 Å². The first-order valence-corrected chi connectivity index (χ1v) is 7.93. The van der Waals surface area contributed by atoms with Gasteiger partial charge < -0.3 is 19.9 Å². The van der Waals surface area contributed by atoms with E-state index in [0.29, 0.717) is 24.5 Å². The molecule has 0 saturated carbocycles. The molecular formula is C19H21NO5. The molecule has 0 radical (unpaired) electrons.